The summed E-state index contributed by atoms with van der Waals surface area (Å²) in [5.41, 5.74) is 0.804. The van der Waals surface area contributed by atoms with Crippen molar-refractivity contribution in [3.05, 3.63) is 58.4 Å². The molecule has 1 N–H and O–H groups in total. The summed E-state index contributed by atoms with van der Waals surface area (Å²) >= 11 is 6.22. The third-order valence-electron chi connectivity index (χ3n) is 4.78. The molecular weight excluding hydrogens is 436 g/mol. The predicted octanol–water partition coefficient (Wildman–Crippen LogP) is 4.66. The Morgan fingerprint density at radius 1 is 1.25 bits per heavy atom. The number of benzene rings is 1. The van der Waals surface area contributed by atoms with Gasteiger partial charge in [-0.3, -0.25) is 9.36 Å². The molecule has 1 unspecified atom stereocenters. The maximum atomic E-state index is 13.0. The lowest BCUT2D eigenvalue weighted by Gasteiger charge is -2.22. The molecule has 3 aromatic rings. The molecule has 9 heteroatoms. The quantitative estimate of drug-likeness (QED) is 0.521. The highest BCUT2D eigenvalue weighted by Gasteiger charge is 2.24. The van der Waals surface area contributed by atoms with Gasteiger partial charge in [-0.1, -0.05) is 11.6 Å². The van der Waals surface area contributed by atoms with Crippen LogP contribution >= 0.6 is 11.6 Å². The summed E-state index contributed by atoms with van der Waals surface area (Å²) in [5, 5.41) is 10.2. The first kappa shape index (κ1) is 23.6. The standard InChI is InChI=1S/C23H25ClN2O6/c1-23(2,3)32-8-7-18(22(28)29)26-12-20(30-4)17(10-21(26)27)16-9-14(24)5-6-15(16)19-11-25-13-31-19/h5-6,9-13,18H,7-8H2,1-4H3,(H,28,29). The van der Waals surface area contributed by atoms with Gasteiger partial charge in [-0.15, -0.1) is 0 Å². The SMILES string of the molecule is COc1cn(C(CCOC(C)(C)C)C(=O)O)c(=O)cc1-c1cc(Cl)ccc1-c1cnco1. The van der Waals surface area contributed by atoms with Crippen molar-refractivity contribution in [3.63, 3.8) is 0 Å². The minimum Gasteiger partial charge on any atom is -0.495 e. The second-order valence-electron chi connectivity index (χ2n) is 8.16. The van der Waals surface area contributed by atoms with Gasteiger partial charge in [0.1, 0.15) is 11.8 Å². The third-order valence-corrected chi connectivity index (χ3v) is 5.02. The molecular formula is C23H25ClN2O6. The topological polar surface area (TPSA) is 104 Å². The summed E-state index contributed by atoms with van der Waals surface area (Å²) in [6.07, 6.45) is 4.38. The molecule has 3 rings (SSSR count). The number of carboxylic acid groups (broad SMARTS) is 1. The highest BCUT2D eigenvalue weighted by Crippen LogP contribution is 2.38. The number of hydrogen-bond acceptors (Lipinski definition) is 6. The number of nitrogens with zero attached hydrogens (tertiary/aromatic N) is 2. The van der Waals surface area contributed by atoms with E-state index in [1.54, 1.807) is 24.4 Å². The van der Waals surface area contributed by atoms with E-state index in [0.717, 1.165) is 4.57 Å². The molecule has 1 atom stereocenters. The lowest BCUT2D eigenvalue weighted by molar-refractivity contribution is -0.142. The zero-order valence-electron chi connectivity index (χ0n) is 18.3. The molecule has 0 saturated carbocycles. The van der Waals surface area contributed by atoms with Gasteiger partial charge in [-0.25, -0.2) is 9.78 Å². The van der Waals surface area contributed by atoms with Gasteiger partial charge in [0.2, 0.25) is 0 Å². The number of aromatic nitrogens is 2. The van der Waals surface area contributed by atoms with Gasteiger partial charge in [0.05, 0.1) is 25.1 Å². The van der Waals surface area contributed by atoms with Crippen LogP contribution in [0, 0.1) is 0 Å². The molecule has 0 spiro atoms. The summed E-state index contributed by atoms with van der Waals surface area (Å²) in [5.74, 6) is -0.328. The number of pyridine rings is 1. The van der Waals surface area contributed by atoms with E-state index in [2.05, 4.69) is 4.98 Å². The monoisotopic (exact) mass is 460 g/mol. The maximum absolute atomic E-state index is 13.0. The molecule has 0 radical (unpaired) electrons. The molecule has 0 amide bonds. The molecule has 1 aromatic carbocycles. The van der Waals surface area contributed by atoms with Crippen molar-refractivity contribution in [1.29, 1.82) is 0 Å². The van der Waals surface area contributed by atoms with Crippen LogP contribution in [-0.4, -0.2) is 39.9 Å². The maximum Gasteiger partial charge on any atom is 0.326 e. The highest BCUT2D eigenvalue weighted by atomic mass is 35.5. The molecule has 0 bridgehead atoms. The Kier molecular flexibility index (Phi) is 7.06. The van der Waals surface area contributed by atoms with Gasteiger partial charge >= 0.3 is 5.97 Å². The molecule has 32 heavy (non-hydrogen) atoms. The van der Waals surface area contributed by atoms with Crippen LogP contribution in [0.25, 0.3) is 22.5 Å². The second-order valence-corrected chi connectivity index (χ2v) is 8.60. The minimum atomic E-state index is -1.13. The Morgan fingerprint density at radius 2 is 2.00 bits per heavy atom. The van der Waals surface area contributed by atoms with Gasteiger partial charge in [0.15, 0.2) is 12.2 Å². The number of rotatable bonds is 8. The Labute approximate surface area is 190 Å². The van der Waals surface area contributed by atoms with Gasteiger partial charge in [0, 0.05) is 35.2 Å². The fraction of sp³-hybridized carbons (Fsp3) is 0.348. The summed E-state index contributed by atoms with van der Waals surface area (Å²) in [7, 11) is 1.45. The number of carbonyl (C=O) groups is 1. The van der Waals surface area contributed by atoms with E-state index in [-0.39, 0.29) is 13.0 Å². The van der Waals surface area contributed by atoms with Crippen LogP contribution in [0.3, 0.4) is 0 Å². The Balaban J connectivity index is 2.07. The Morgan fingerprint density at radius 3 is 2.59 bits per heavy atom. The number of ether oxygens (including phenoxy) is 2. The lowest BCUT2D eigenvalue weighted by Crippen LogP contribution is -2.31. The van der Waals surface area contributed by atoms with Gasteiger partial charge < -0.3 is 19.0 Å². The average molecular weight is 461 g/mol. The van der Waals surface area contributed by atoms with Crippen molar-refractivity contribution in [2.75, 3.05) is 13.7 Å². The molecule has 8 nitrogen and oxygen atoms in total. The minimum absolute atomic E-state index is 0.121. The zero-order valence-corrected chi connectivity index (χ0v) is 19.0. The van der Waals surface area contributed by atoms with Crippen molar-refractivity contribution in [1.82, 2.24) is 9.55 Å². The molecule has 0 aliphatic rings. The van der Waals surface area contributed by atoms with E-state index >= 15 is 0 Å². The van der Waals surface area contributed by atoms with Crippen LogP contribution in [0.4, 0.5) is 0 Å². The number of aliphatic carboxylic acids is 1. The first-order valence-electron chi connectivity index (χ1n) is 9.96. The summed E-state index contributed by atoms with van der Waals surface area (Å²) in [4.78, 5) is 28.9. The second kappa shape index (κ2) is 9.58. The fourth-order valence-corrected chi connectivity index (χ4v) is 3.48. The number of carboxylic acids is 1. The molecule has 0 aliphatic heterocycles. The summed E-state index contributed by atoms with van der Waals surface area (Å²) in [6, 6.07) is 5.37. The number of oxazole rings is 1. The smallest absolute Gasteiger partial charge is 0.326 e. The van der Waals surface area contributed by atoms with Crippen LogP contribution in [0.1, 0.15) is 33.2 Å². The molecule has 170 valence electrons. The molecule has 2 aromatic heterocycles. The number of methoxy groups -OCH3 is 1. The molecule has 0 saturated heterocycles. The van der Waals surface area contributed by atoms with E-state index < -0.39 is 23.2 Å². The van der Waals surface area contributed by atoms with Crippen LogP contribution < -0.4 is 10.3 Å². The van der Waals surface area contributed by atoms with Crippen LogP contribution in [-0.2, 0) is 9.53 Å². The third kappa shape index (κ3) is 5.38. The molecule has 0 fully saturated rings. The highest BCUT2D eigenvalue weighted by molar-refractivity contribution is 6.31. The van der Waals surface area contributed by atoms with Gasteiger partial charge in [0.25, 0.3) is 5.56 Å². The van der Waals surface area contributed by atoms with Crippen molar-refractivity contribution in [2.45, 2.75) is 38.8 Å². The van der Waals surface area contributed by atoms with Crippen molar-refractivity contribution in [2.24, 2.45) is 0 Å². The summed E-state index contributed by atoms with van der Waals surface area (Å²) in [6.45, 7) is 5.82. The van der Waals surface area contributed by atoms with Crippen molar-refractivity contribution in [3.8, 4) is 28.2 Å². The Bertz CT molecular complexity index is 1150. The summed E-state index contributed by atoms with van der Waals surface area (Å²) < 4.78 is 17.7. The number of hydrogen-bond donors (Lipinski definition) is 1. The first-order chi connectivity index (χ1) is 15.1. The zero-order chi connectivity index (χ0) is 23.5. The fourth-order valence-electron chi connectivity index (χ4n) is 3.31. The van der Waals surface area contributed by atoms with E-state index in [1.807, 2.05) is 20.8 Å². The van der Waals surface area contributed by atoms with E-state index in [9.17, 15) is 14.7 Å². The number of halogens is 1. The Hall–Kier alpha value is -3.10. The van der Waals surface area contributed by atoms with Crippen LogP contribution in [0.2, 0.25) is 5.02 Å². The van der Waals surface area contributed by atoms with Gasteiger partial charge in [-0.05, 0) is 44.5 Å². The van der Waals surface area contributed by atoms with E-state index in [0.29, 0.717) is 33.2 Å². The molecule has 2 heterocycles. The van der Waals surface area contributed by atoms with Crippen molar-refractivity contribution >= 4 is 17.6 Å². The van der Waals surface area contributed by atoms with E-state index in [4.69, 9.17) is 25.5 Å². The predicted molar refractivity (Wildman–Crippen MR) is 120 cm³/mol. The normalized spacial score (nSPS) is 12.5. The molecule has 0 aliphatic carbocycles. The largest absolute Gasteiger partial charge is 0.495 e. The van der Waals surface area contributed by atoms with Crippen LogP contribution in [0.5, 0.6) is 5.75 Å². The van der Waals surface area contributed by atoms with Crippen LogP contribution in [0.15, 0.2) is 52.3 Å². The first-order valence-corrected chi connectivity index (χ1v) is 10.3. The lowest BCUT2D eigenvalue weighted by atomic mass is 9.98. The van der Waals surface area contributed by atoms with Crippen molar-refractivity contribution < 1.29 is 23.8 Å². The van der Waals surface area contributed by atoms with E-state index in [1.165, 1.54) is 25.8 Å². The van der Waals surface area contributed by atoms with Gasteiger partial charge in [-0.2, -0.15) is 0 Å². The average Bonchev–Trinajstić information content (AvgIpc) is 3.25.